The zero-order valence-corrected chi connectivity index (χ0v) is 16.6. The molecule has 0 bridgehead atoms. The van der Waals surface area contributed by atoms with Crippen LogP contribution in [0.2, 0.25) is 0 Å². The summed E-state index contributed by atoms with van der Waals surface area (Å²) in [7, 11) is 0. The van der Waals surface area contributed by atoms with Crippen molar-refractivity contribution < 1.29 is 9.59 Å². The first-order valence-corrected chi connectivity index (χ1v) is 10.1. The molecule has 0 saturated carbocycles. The third-order valence-corrected chi connectivity index (χ3v) is 5.41. The smallest absolute Gasteiger partial charge is 0.316 e. The number of thiophene rings is 1. The first kappa shape index (κ1) is 19.9. The molecule has 5 N–H and O–H groups in total. The highest BCUT2D eigenvalue weighted by molar-refractivity contribution is 7.15. The molecule has 0 spiro atoms. The normalized spacial score (nSPS) is 16.5. The second-order valence-corrected chi connectivity index (χ2v) is 7.60. The van der Waals surface area contributed by atoms with E-state index in [1.807, 2.05) is 13.1 Å². The molecule has 0 aliphatic carbocycles. The second kappa shape index (κ2) is 9.39. The lowest BCUT2D eigenvalue weighted by Gasteiger charge is -2.16. The number of urea groups is 1. The van der Waals surface area contributed by atoms with Crippen LogP contribution in [0.4, 0.5) is 10.5 Å². The Balaban J connectivity index is 1.79. The molecule has 9 heteroatoms. The highest BCUT2D eigenvalue weighted by atomic mass is 32.1. The van der Waals surface area contributed by atoms with Crippen molar-refractivity contribution in [2.24, 2.45) is 5.73 Å². The van der Waals surface area contributed by atoms with Gasteiger partial charge in [-0.25, -0.2) is 4.79 Å². The average molecular weight is 401 g/mol. The Kier molecular flexibility index (Phi) is 6.68. The number of carbonyl (C=O) groups excluding carboxylic acids is 2. The number of hydrogen-bond acceptors (Lipinski definition) is 5. The van der Waals surface area contributed by atoms with E-state index in [0.29, 0.717) is 15.4 Å². The number of nitrogens with one attached hydrogen (secondary N) is 3. The van der Waals surface area contributed by atoms with E-state index >= 15 is 0 Å². The van der Waals surface area contributed by atoms with Crippen LogP contribution in [0.5, 0.6) is 0 Å². The zero-order chi connectivity index (χ0) is 19.9. The minimum Gasteiger partial charge on any atom is -0.351 e. The van der Waals surface area contributed by atoms with Crippen LogP contribution in [0.25, 0.3) is 0 Å². The summed E-state index contributed by atoms with van der Waals surface area (Å²) in [5, 5.41) is 13.1. The van der Waals surface area contributed by atoms with Crippen molar-refractivity contribution in [3.8, 4) is 11.8 Å². The van der Waals surface area contributed by atoms with E-state index in [1.165, 1.54) is 11.3 Å². The number of nitrogens with zero attached hydrogens (tertiary/aromatic N) is 2. The number of primary amides is 1. The summed E-state index contributed by atoms with van der Waals surface area (Å²) in [6, 6.07) is 1.02. The van der Waals surface area contributed by atoms with Gasteiger partial charge in [0.05, 0.1) is 22.3 Å². The zero-order valence-electron chi connectivity index (χ0n) is 15.7. The van der Waals surface area contributed by atoms with Crippen LogP contribution in [0, 0.1) is 11.8 Å². The van der Waals surface area contributed by atoms with Gasteiger partial charge < -0.3 is 21.7 Å². The van der Waals surface area contributed by atoms with E-state index in [-0.39, 0.29) is 11.9 Å². The van der Waals surface area contributed by atoms with Crippen LogP contribution in [0.15, 0.2) is 18.5 Å². The fraction of sp³-hybridized carbons (Fsp3) is 0.421. The minimum atomic E-state index is -0.716. The monoisotopic (exact) mass is 400 g/mol. The molecular formula is C19H24N6O2S. The Morgan fingerprint density at radius 3 is 3.04 bits per heavy atom. The quantitative estimate of drug-likeness (QED) is 0.585. The van der Waals surface area contributed by atoms with Crippen molar-refractivity contribution in [2.45, 2.75) is 38.8 Å². The average Bonchev–Trinajstić information content (AvgIpc) is 3.20. The lowest BCUT2D eigenvalue weighted by molar-refractivity contribution is 0.0940. The number of anilines is 1. The first-order valence-electron chi connectivity index (χ1n) is 9.31. The molecule has 8 nitrogen and oxygen atoms in total. The van der Waals surface area contributed by atoms with Crippen LogP contribution in [-0.4, -0.2) is 40.9 Å². The van der Waals surface area contributed by atoms with E-state index in [2.05, 4.69) is 32.9 Å². The van der Waals surface area contributed by atoms with Crippen LogP contribution in [-0.2, 0) is 6.54 Å². The van der Waals surface area contributed by atoms with Crippen molar-refractivity contribution in [1.82, 2.24) is 20.4 Å². The van der Waals surface area contributed by atoms with Gasteiger partial charge in [0.2, 0.25) is 0 Å². The van der Waals surface area contributed by atoms with Gasteiger partial charge >= 0.3 is 6.03 Å². The molecule has 1 aliphatic heterocycles. The maximum atomic E-state index is 12.8. The van der Waals surface area contributed by atoms with E-state index in [4.69, 9.17) is 5.73 Å². The summed E-state index contributed by atoms with van der Waals surface area (Å²) in [6.07, 6.45) is 6.65. The predicted octanol–water partition coefficient (Wildman–Crippen LogP) is 1.73. The van der Waals surface area contributed by atoms with Crippen molar-refractivity contribution in [3.63, 3.8) is 0 Å². The van der Waals surface area contributed by atoms with Crippen LogP contribution < -0.4 is 21.7 Å². The molecule has 0 radical (unpaired) electrons. The van der Waals surface area contributed by atoms with Gasteiger partial charge in [0.25, 0.3) is 5.91 Å². The summed E-state index contributed by atoms with van der Waals surface area (Å²) >= 11 is 1.23. The summed E-state index contributed by atoms with van der Waals surface area (Å²) in [5.74, 6) is 5.83. The Bertz CT molecular complexity index is 899. The van der Waals surface area contributed by atoms with E-state index < -0.39 is 6.03 Å². The minimum absolute atomic E-state index is 0.0629. The second-order valence-electron chi connectivity index (χ2n) is 6.55. The molecule has 3 rings (SSSR count). The van der Waals surface area contributed by atoms with Gasteiger partial charge in [-0.05, 0) is 32.4 Å². The lowest BCUT2D eigenvalue weighted by atomic mass is 10.1. The molecule has 1 saturated heterocycles. The Labute approximate surface area is 167 Å². The van der Waals surface area contributed by atoms with Crippen molar-refractivity contribution in [1.29, 1.82) is 0 Å². The maximum absolute atomic E-state index is 12.8. The van der Waals surface area contributed by atoms with E-state index in [9.17, 15) is 9.59 Å². The number of nitrogens with two attached hydrogens (primary N) is 1. The molecule has 1 atom stereocenters. The molecule has 3 amide bonds. The Morgan fingerprint density at radius 2 is 2.29 bits per heavy atom. The van der Waals surface area contributed by atoms with Crippen molar-refractivity contribution in [3.05, 3.63) is 33.8 Å². The third kappa shape index (κ3) is 5.34. The number of aromatic nitrogens is 2. The van der Waals surface area contributed by atoms with Gasteiger partial charge in [-0.1, -0.05) is 18.3 Å². The van der Waals surface area contributed by atoms with Crippen LogP contribution in [0.3, 0.4) is 0 Å². The molecule has 3 heterocycles. The molecule has 2 aromatic rings. The third-order valence-electron chi connectivity index (χ3n) is 4.37. The van der Waals surface area contributed by atoms with Crippen molar-refractivity contribution in [2.75, 3.05) is 18.4 Å². The van der Waals surface area contributed by atoms with Gasteiger partial charge in [-0.3, -0.25) is 9.48 Å². The number of amides is 3. The molecule has 1 aliphatic rings. The largest absolute Gasteiger partial charge is 0.351 e. The highest BCUT2D eigenvalue weighted by Crippen LogP contribution is 2.27. The molecule has 148 valence electrons. The molecule has 28 heavy (non-hydrogen) atoms. The summed E-state index contributed by atoms with van der Waals surface area (Å²) in [5.41, 5.74) is 6.42. The predicted molar refractivity (Wildman–Crippen MR) is 109 cm³/mol. The fourth-order valence-corrected chi connectivity index (χ4v) is 3.85. The number of rotatable bonds is 4. The standard InChI is InChI=1S/C19H24N6O2S/c1-2-25-12-13(10-22-25)6-7-15-9-16(24-19(20)27)17(28-15)18(26)23-14-5-3-4-8-21-11-14/h9-10,12,14,21H,2-5,8,11H2,1H3,(H,23,26)(H3,20,24,27)/t14-/m0/s1. The van der Waals surface area contributed by atoms with Crippen molar-refractivity contribution >= 4 is 29.0 Å². The Hall–Kier alpha value is -2.83. The number of hydrogen-bond donors (Lipinski definition) is 4. The molecular weight excluding hydrogens is 376 g/mol. The molecule has 0 unspecified atom stereocenters. The van der Waals surface area contributed by atoms with Crippen LogP contribution >= 0.6 is 11.3 Å². The summed E-state index contributed by atoms with van der Waals surface area (Å²) in [6.45, 7) is 4.48. The fourth-order valence-electron chi connectivity index (χ4n) is 2.97. The topological polar surface area (TPSA) is 114 Å². The van der Waals surface area contributed by atoms with Gasteiger partial charge in [0.1, 0.15) is 4.88 Å². The molecule has 0 aromatic carbocycles. The maximum Gasteiger partial charge on any atom is 0.316 e. The summed E-state index contributed by atoms with van der Waals surface area (Å²) in [4.78, 5) is 25.2. The van der Waals surface area contributed by atoms with Gasteiger partial charge in [0, 0.05) is 25.3 Å². The highest BCUT2D eigenvalue weighted by Gasteiger charge is 2.21. The molecule has 1 fully saturated rings. The Morgan fingerprint density at radius 1 is 1.43 bits per heavy atom. The van der Waals surface area contributed by atoms with Crippen LogP contribution in [0.1, 0.15) is 46.3 Å². The number of aryl methyl sites for hydroxylation is 1. The van der Waals surface area contributed by atoms with Gasteiger partial charge in [0.15, 0.2) is 0 Å². The number of carbonyl (C=O) groups is 2. The first-order chi connectivity index (χ1) is 13.5. The van der Waals surface area contributed by atoms with E-state index in [0.717, 1.165) is 44.5 Å². The lowest BCUT2D eigenvalue weighted by Crippen LogP contribution is -2.40. The SMILES string of the molecule is CCn1cc(C#Cc2cc(NC(N)=O)c(C(=O)N[C@H]3CCCCNC3)s2)cn1. The van der Waals surface area contributed by atoms with E-state index in [1.54, 1.807) is 16.9 Å². The molecule has 2 aromatic heterocycles. The van der Waals surface area contributed by atoms with Gasteiger partial charge in [-0.2, -0.15) is 5.10 Å². The van der Waals surface area contributed by atoms with Gasteiger partial charge in [-0.15, -0.1) is 11.3 Å². The summed E-state index contributed by atoms with van der Waals surface area (Å²) < 4.78 is 1.79.